The maximum atomic E-state index is 13.5. The number of rotatable bonds is 2. The molecule has 2 nitrogen and oxygen atoms in total. The smallest absolute Gasteiger partial charge is 0.129 e. The molecule has 0 spiro atoms. The number of hydrogen-bond acceptors (Lipinski definition) is 2. The summed E-state index contributed by atoms with van der Waals surface area (Å²) in [4.78, 5) is 2.12. The van der Waals surface area contributed by atoms with E-state index >= 15 is 0 Å². The molecule has 1 fully saturated rings. The highest BCUT2D eigenvalue weighted by Crippen LogP contribution is 2.25. The van der Waals surface area contributed by atoms with Gasteiger partial charge in [0.2, 0.25) is 0 Å². The van der Waals surface area contributed by atoms with Crippen LogP contribution in [0.25, 0.3) is 0 Å². The highest BCUT2D eigenvalue weighted by molar-refractivity contribution is 6.17. The van der Waals surface area contributed by atoms with Gasteiger partial charge in [-0.1, -0.05) is 6.07 Å². The molecule has 0 amide bonds. The van der Waals surface area contributed by atoms with Gasteiger partial charge in [-0.15, -0.1) is 11.6 Å². The number of ether oxygens (including phenoxy) is 1. The quantitative estimate of drug-likeness (QED) is 0.723. The normalized spacial score (nSPS) is 16.8. The number of benzene rings is 1. The number of alkyl halides is 1. The second-order valence-corrected chi connectivity index (χ2v) is 3.74. The van der Waals surface area contributed by atoms with Gasteiger partial charge in [0.15, 0.2) is 0 Å². The fraction of sp³-hybridized carbons (Fsp3) is 0.455. The summed E-state index contributed by atoms with van der Waals surface area (Å²) in [6.45, 7) is 2.98. The number of nitrogens with zero attached hydrogens (tertiary/aromatic N) is 1. The predicted molar refractivity (Wildman–Crippen MR) is 59.0 cm³/mol. The van der Waals surface area contributed by atoms with E-state index in [4.69, 9.17) is 16.3 Å². The minimum absolute atomic E-state index is 0.208. The fourth-order valence-corrected chi connectivity index (χ4v) is 2.04. The van der Waals surface area contributed by atoms with E-state index in [2.05, 4.69) is 4.90 Å². The van der Waals surface area contributed by atoms with E-state index in [0.29, 0.717) is 18.8 Å². The van der Waals surface area contributed by atoms with Crippen LogP contribution in [0.3, 0.4) is 0 Å². The minimum atomic E-state index is -0.228. The summed E-state index contributed by atoms with van der Waals surface area (Å²) in [5.41, 5.74) is 1.48. The first kappa shape index (κ1) is 10.7. The highest BCUT2D eigenvalue weighted by Gasteiger charge is 2.16. The van der Waals surface area contributed by atoms with Gasteiger partial charge in [-0.25, -0.2) is 4.39 Å². The minimum Gasteiger partial charge on any atom is -0.378 e. The third-order valence-electron chi connectivity index (χ3n) is 2.58. The summed E-state index contributed by atoms with van der Waals surface area (Å²) in [7, 11) is 0. The van der Waals surface area contributed by atoms with Crippen molar-refractivity contribution in [2.24, 2.45) is 0 Å². The molecule has 0 saturated carbocycles. The molecule has 1 aliphatic rings. The largest absolute Gasteiger partial charge is 0.378 e. The molecule has 4 heteroatoms. The number of anilines is 1. The van der Waals surface area contributed by atoms with Crippen molar-refractivity contribution >= 4 is 17.3 Å². The Hall–Kier alpha value is -0.800. The standard InChI is InChI=1S/C11H13ClFNO/c12-8-9-10(13)2-1-3-11(9)14-4-6-15-7-5-14/h1-3H,4-8H2. The summed E-state index contributed by atoms with van der Waals surface area (Å²) in [5.74, 6) is -0.0201. The van der Waals surface area contributed by atoms with Crippen LogP contribution in [0.4, 0.5) is 10.1 Å². The van der Waals surface area contributed by atoms with Gasteiger partial charge in [-0.3, -0.25) is 0 Å². The summed E-state index contributed by atoms with van der Waals surface area (Å²) in [6.07, 6.45) is 0. The maximum absolute atomic E-state index is 13.5. The van der Waals surface area contributed by atoms with Gasteiger partial charge >= 0.3 is 0 Å². The molecule has 0 bridgehead atoms. The lowest BCUT2D eigenvalue weighted by Gasteiger charge is -2.30. The van der Waals surface area contributed by atoms with E-state index in [1.54, 1.807) is 6.07 Å². The van der Waals surface area contributed by atoms with Crippen molar-refractivity contribution in [1.29, 1.82) is 0 Å². The molecule has 0 N–H and O–H groups in total. The molecule has 2 rings (SSSR count). The summed E-state index contributed by atoms with van der Waals surface area (Å²) in [5, 5.41) is 0. The van der Waals surface area contributed by atoms with Crippen molar-refractivity contribution in [3.63, 3.8) is 0 Å². The van der Waals surface area contributed by atoms with E-state index in [1.807, 2.05) is 6.07 Å². The van der Waals surface area contributed by atoms with E-state index < -0.39 is 0 Å². The van der Waals surface area contributed by atoms with Crippen LogP contribution < -0.4 is 4.90 Å². The summed E-state index contributed by atoms with van der Waals surface area (Å²) in [6, 6.07) is 5.07. The number of halogens is 2. The lowest BCUT2D eigenvalue weighted by atomic mass is 10.1. The van der Waals surface area contributed by atoms with Crippen molar-refractivity contribution < 1.29 is 9.13 Å². The zero-order chi connectivity index (χ0) is 10.7. The van der Waals surface area contributed by atoms with Crippen LogP contribution >= 0.6 is 11.6 Å². The Kier molecular flexibility index (Phi) is 3.44. The van der Waals surface area contributed by atoms with E-state index in [-0.39, 0.29) is 11.7 Å². The fourth-order valence-electron chi connectivity index (χ4n) is 1.78. The van der Waals surface area contributed by atoms with Gasteiger partial charge in [0.05, 0.1) is 19.1 Å². The average molecular weight is 230 g/mol. The van der Waals surface area contributed by atoms with Crippen molar-refractivity contribution in [2.75, 3.05) is 31.2 Å². The van der Waals surface area contributed by atoms with Gasteiger partial charge in [0.1, 0.15) is 5.82 Å². The van der Waals surface area contributed by atoms with Gasteiger partial charge in [0, 0.05) is 24.3 Å². The van der Waals surface area contributed by atoms with Crippen LogP contribution in [0.1, 0.15) is 5.56 Å². The van der Waals surface area contributed by atoms with E-state index in [9.17, 15) is 4.39 Å². The van der Waals surface area contributed by atoms with Crippen LogP contribution in [-0.2, 0) is 10.6 Å². The van der Waals surface area contributed by atoms with Gasteiger partial charge < -0.3 is 9.64 Å². The molecular formula is C11H13ClFNO. The van der Waals surface area contributed by atoms with Crippen LogP contribution in [0.2, 0.25) is 0 Å². The van der Waals surface area contributed by atoms with Crippen molar-refractivity contribution in [3.8, 4) is 0 Å². The second-order valence-electron chi connectivity index (χ2n) is 3.47. The first-order valence-corrected chi connectivity index (χ1v) is 5.52. The van der Waals surface area contributed by atoms with Crippen LogP contribution in [0.5, 0.6) is 0 Å². The molecule has 15 heavy (non-hydrogen) atoms. The molecule has 0 radical (unpaired) electrons. The molecule has 82 valence electrons. The summed E-state index contributed by atoms with van der Waals surface area (Å²) < 4.78 is 18.7. The van der Waals surface area contributed by atoms with Gasteiger partial charge in [-0.2, -0.15) is 0 Å². The Morgan fingerprint density at radius 1 is 1.33 bits per heavy atom. The molecule has 0 atom stereocenters. The Morgan fingerprint density at radius 3 is 2.73 bits per heavy atom. The molecule has 1 aliphatic heterocycles. The third-order valence-corrected chi connectivity index (χ3v) is 2.85. The molecule has 0 aliphatic carbocycles. The van der Waals surface area contributed by atoms with Crippen LogP contribution in [0, 0.1) is 5.82 Å². The third kappa shape index (κ3) is 2.24. The van der Waals surface area contributed by atoms with Crippen LogP contribution in [0.15, 0.2) is 18.2 Å². The zero-order valence-electron chi connectivity index (χ0n) is 8.38. The lowest BCUT2D eigenvalue weighted by molar-refractivity contribution is 0.122. The lowest BCUT2D eigenvalue weighted by Crippen LogP contribution is -2.36. The zero-order valence-corrected chi connectivity index (χ0v) is 9.13. The average Bonchev–Trinajstić information content (AvgIpc) is 2.30. The Labute approximate surface area is 93.6 Å². The van der Waals surface area contributed by atoms with Crippen molar-refractivity contribution in [2.45, 2.75) is 5.88 Å². The molecule has 1 aromatic rings. The van der Waals surface area contributed by atoms with E-state index in [0.717, 1.165) is 18.8 Å². The maximum Gasteiger partial charge on any atom is 0.129 e. The van der Waals surface area contributed by atoms with Crippen molar-refractivity contribution in [1.82, 2.24) is 0 Å². The first-order chi connectivity index (χ1) is 7.33. The molecule has 0 aromatic heterocycles. The monoisotopic (exact) mass is 229 g/mol. The predicted octanol–water partition coefficient (Wildman–Crippen LogP) is 2.40. The first-order valence-electron chi connectivity index (χ1n) is 4.99. The van der Waals surface area contributed by atoms with Crippen LogP contribution in [-0.4, -0.2) is 26.3 Å². The number of morpholine rings is 1. The molecular weight excluding hydrogens is 217 g/mol. The second kappa shape index (κ2) is 4.81. The Morgan fingerprint density at radius 2 is 2.07 bits per heavy atom. The Balaban J connectivity index is 2.29. The van der Waals surface area contributed by atoms with E-state index in [1.165, 1.54) is 6.07 Å². The SMILES string of the molecule is Fc1cccc(N2CCOCC2)c1CCl. The highest BCUT2D eigenvalue weighted by atomic mass is 35.5. The molecule has 1 saturated heterocycles. The van der Waals surface area contributed by atoms with Crippen molar-refractivity contribution in [3.05, 3.63) is 29.6 Å². The Bertz CT molecular complexity index is 339. The summed E-state index contributed by atoms with van der Waals surface area (Å²) >= 11 is 5.76. The number of hydrogen-bond donors (Lipinski definition) is 0. The van der Waals surface area contributed by atoms with Gasteiger partial charge in [-0.05, 0) is 12.1 Å². The topological polar surface area (TPSA) is 12.5 Å². The molecule has 1 aromatic carbocycles. The molecule has 1 heterocycles. The molecule has 0 unspecified atom stereocenters. The van der Waals surface area contributed by atoms with Gasteiger partial charge in [0.25, 0.3) is 0 Å².